The normalized spacial score (nSPS) is 26.0. The van der Waals surface area contributed by atoms with Crippen molar-refractivity contribution in [3.8, 4) is 0 Å². The molecule has 0 spiro atoms. The smallest absolute Gasteiger partial charge is 0.226 e. The molecule has 2 aromatic carbocycles. The van der Waals surface area contributed by atoms with E-state index in [1.807, 2.05) is 0 Å². The molecule has 2 aliphatic heterocycles. The number of hydrogen-bond acceptors (Lipinski definition) is 4. The van der Waals surface area contributed by atoms with Gasteiger partial charge in [0.1, 0.15) is 6.29 Å². The van der Waals surface area contributed by atoms with E-state index in [0.29, 0.717) is 0 Å². The molecule has 4 rings (SSSR count). The van der Waals surface area contributed by atoms with Crippen LogP contribution in [0.2, 0.25) is 0 Å². The van der Waals surface area contributed by atoms with Crippen LogP contribution in [-0.4, -0.2) is 54.2 Å². The third-order valence-electron chi connectivity index (χ3n) is 6.55. The van der Waals surface area contributed by atoms with Crippen molar-refractivity contribution in [2.24, 2.45) is 5.92 Å². The molecule has 30 heavy (non-hydrogen) atoms. The van der Waals surface area contributed by atoms with Gasteiger partial charge in [-0.15, -0.1) is 0 Å². The van der Waals surface area contributed by atoms with Crippen molar-refractivity contribution in [3.63, 3.8) is 0 Å². The van der Waals surface area contributed by atoms with E-state index in [4.69, 9.17) is 0 Å². The second-order valence-electron chi connectivity index (χ2n) is 8.56. The molecule has 1 amide bonds. The van der Waals surface area contributed by atoms with Gasteiger partial charge in [-0.3, -0.25) is 19.9 Å². The predicted molar refractivity (Wildman–Crippen MR) is 121 cm³/mol. The molecule has 2 N–H and O–H groups in total. The van der Waals surface area contributed by atoms with E-state index in [9.17, 15) is 4.79 Å². The first-order valence-electron chi connectivity index (χ1n) is 11.3. The van der Waals surface area contributed by atoms with Crippen LogP contribution in [-0.2, 0) is 4.79 Å². The average Bonchev–Trinajstić information content (AvgIpc) is 2.78. The van der Waals surface area contributed by atoms with Crippen LogP contribution in [0, 0.1) is 5.92 Å². The number of amides is 1. The first-order chi connectivity index (χ1) is 14.7. The van der Waals surface area contributed by atoms with Gasteiger partial charge in [0.25, 0.3) is 0 Å². The van der Waals surface area contributed by atoms with Gasteiger partial charge in [0.05, 0.1) is 12.0 Å². The minimum absolute atomic E-state index is 0.0605. The summed E-state index contributed by atoms with van der Waals surface area (Å²) in [6.07, 6.45) is 1.92. The molecule has 0 bridgehead atoms. The quantitative estimate of drug-likeness (QED) is 0.773. The maximum Gasteiger partial charge on any atom is 0.226 e. The van der Waals surface area contributed by atoms with Crippen LogP contribution in [0.25, 0.3) is 0 Å². The molecule has 2 aromatic rings. The molecule has 0 aromatic heterocycles. The number of carbonyl (C=O) groups excluding carboxylic acids is 1. The number of nitrogens with zero attached hydrogens (tertiary/aromatic N) is 2. The Bertz CT molecular complexity index is 765. The summed E-state index contributed by atoms with van der Waals surface area (Å²) in [5, 5.41) is 6.85. The van der Waals surface area contributed by atoms with Crippen LogP contribution in [0.4, 0.5) is 0 Å². The predicted octanol–water partition coefficient (Wildman–Crippen LogP) is 3.20. The first-order valence-corrected chi connectivity index (χ1v) is 11.3. The van der Waals surface area contributed by atoms with Gasteiger partial charge in [0, 0.05) is 32.2 Å². The van der Waals surface area contributed by atoms with Gasteiger partial charge in [-0.1, -0.05) is 74.0 Å². The fraction of sp³-hybridized carbons (Fsp3) is 0.480. The zero-order valence-corrected chi connectivity index (χ0v) is 18.1. The van der Waals surface area contributed by atoms with E-state index in [1.54, 1.807) is 0 Å². The Kier molecular flexibility index (Phi) is 6.82. The highest BCUT2D eigenvalue weighted by atomic mass is 16.2. The van der Waals surface area contributed by atoms with Gasteiger partial charge in [-0.25, -0.2) is 0 Å². The molecule has 3 atom stereocenters. The van der Waals surface area contributed by atoms with Gasteiger partial charge < -0.3 is 5.32 Å². The number of hydrogen-bond donors (Lipinski definition) is 2. The zero-order chi connectivity index (χ0) is 20.9. The van der Waals surface area contributed by atoms with Crippen LogP contribution >= 0.6 is 0 Å². The van der Waals surface area contributed by atoms with Crippen LogP contribution < -0.4 is 10.6 Å². The minimum Gasteiger partial charge on any atom is -0.328 e. The van der Waals surface area contributed by atoms with Gasteiger partial charge in [0.2, 0.25) is 5.91 Å². The summed E-state index contributed by atoms with van der Waals surface area (Å²) in [5.74, 6) is 0.273. The average molecular weight is 407 g/mol. The molecule has 160 valence electrons. The zero-order valence-electron chi connectivity index (χ0n) is 18.1. The molecule has 3 unspecified atom stereocenters. The second-order valence-corrected chi connectivity index (χ2v) is 8.56. The molecular formula is C25H34N4O. The number of benzene rings is 2. The number of nitrogens with one attached hydrogen (secondary N) is 2. The van der Waals surface area contributed by atoms with Crippen LogP contribution in [0.15, 0.2) is 60.7 Å². The lowest BCUT2D eigenvalue weighted by Crippen LogP contribution is -2.68. The molecule has 0 saturated carbocycles. The number of rotatable bonds is 6. The summed E-state index contributed by atoms with van der Waals surface area (Å²) in [6.45, 7) is 8.08. The highest BCUT2D eigenvalue weighted by Gasteiger charge is 2.37. The van der Waals surface area contributed by atoms with Crippen molar-refractivity contribution in [3.05, 3.63) is 71.8 Å². The Balaban J connectivity index is 1.43. The Morgan fingerprint density at radius 3 is 2.00 bits per heavy atom. The van der Waals surface area contributed by atoms with Crippen LogP contribution in [0.5, 0.6) is 0 Å². The van der Waals surface area contributed by atoms with Gasteiger partial charge >= 0.3 is 0 Å². The number of carbonyl (C=O) groups is 1. The lowest BCUT2D eigenvalue weighted by atomic mass is 9.93. The van der Waals surface area contributed by atoms with Crippen molar-refractivity contribution in [1.29, 1.82) is 0 Å². The molecule has 2 heterocycles. The molecule has 5 nitrogen and oxygen atoms in total. The largest absolute Gasteiger partial charge is 0.328 e. The number of piperazine rings is 1. The van der Waals surface area contributed by atoms with Crippen LogP contribution in [0.1, 0.15) is 43.9 Å². The summed E-state index contributed by atoms with van der Waals surface area (Å²) < 4.78 is 0. The Hall–Kier alpha value is -2.21. The lowest BCUT2D eigenvalue weighted by Gasteiger charge is -2.46. The second kappa shape index (κ2) is 9.73. The maximum atomic E-state index is 12.6. The van der Waals surface area contributed by atoms with E-state index < -0.39 is 0 Å². The SMILES string of the molecule is CCCC1C(=O)NC(N2CCN(C(c3ccccc3)c3ccccc3)CC2)NC1C. The van der Waals surface area contributed by atoms with Crippen molar-refractivity contribution in [2.45, 2.75) is 45.1 Å². The summed E-state index contributed by atoms with van der Waals surface area (Å²) in [6, 6.07) is 22.0. The molecule has 2 fully saturated rings. The van der Waals surface area contributed by atoms with Crippen molar-refractivity contribution in [2.75, 3.05) is 26.2 Å². The Labute approximate surface area is 180 Å². The summed E-state index contributed by atoms with van der Waals surface area (Å²) >= 11 is 0. The fourth-order valence-electron chi connectivity index (χ4n) is 4.90. The summed E-state index contributed by atoms with van der Waals surface area (Å²) in [5.41, 5.74) is 2.66. The third kappa shape index (κ3) is 4.59. The molecule has 2 aliphatic rings. The van der Waals surface area contributed by atoms with E-state index >= 15 is 0 Å². The van der Waals surface area contributed by atoms with E-state index in [-0.39, 0.29) is 30.2 Å². The maximum absolute atomic E-state index is 12.6. The standard InChI is InChI=1S/C25H34N4O/c1-3-10-22-19(2)26-25(27-24(22)30)29-17-15-28(16-18-29)23(20-11-6-4-7-12-20)21-13-8-5-9-14-21/h4-9,11-14,19,22-23,25-26H,3,10,15-18H2,1-2H3,(H,27,30). The minimum atomic E-state index is -0.0605. The lowest BCUT2D eigenvalue weighted by molar-refractivity contribution is -0.133. The van der Waals surface area contributed by atoms with Gasteiger partial charge in [-0.2, -0.15) is 0 Å². The molecule has 2 saturated heterocycles. The van der Waals surface area contributed by atoms with Gasteiger partial charge in [-0.05, 0) is 24.5 Å². The van der Waals surface area contributed by atoms with E-state index in [1.165, 1.54) is 11.1 Å². The topological polar surface area (TPSA) is 47.6 Å². The molecule has 0 aliphatic carbocycles. The molecule has 5 heteroatoms. The summed E-state index contributed by atoms with van der Waals surface area (Å²) in [7, 11) is 0. The van der Waals surface area contributed by atoms with Crippen molar-refractivity contribution < 1.29 is 4.79 Å². The van der Waals surface area contributed by atoms with Gasteiger partial charge in [0.15, 0.2) is 0 Å². The Morgan fingerprint density at radius 2 is 1.50 bits per heavy atom. The van der Waals surface area contributed by atoms with Crippen molar-refractivity contribution >= 4 is 5.91 Å². The molecular weight excluding hydrogens is 372 g/mol. The summed E-state index contributed by atoms with van der Waals surface area (Å²) in [4.78, 5) is 17.5. The van der Waals surface area contributed by atoms with Crippen LogP contribution in [0.3, 0.4) is 0 Å². The fourth-order valence-corrected chi connectivity index (χ4v) is 4.90. The van der Waals surface area contributed by atoms with E-state index in [0.717, 1.165) is 39.0 Å². The molecule has 0 radical (unpaired) electrons. The monoisotopic (exact) mass is 406 g/mol. The third-order valence-corrected chi connectivity index (χ3v) is 6.55. The highest BCUT2D eigenvalue weighted by Crippen LogP contribution is 2.29. The first kappa shape index (κ1) is 21.0. The van der Waals surface area contributed by atoms with Crippen molar-refractivity contribution in [1.82, 2.24) is 20.4 Å². The Morgan fingerprint density at radius 1 is 0.933 bits per heavy atom. The van der Waals surface area contributed by atoms with E-state index in [2.05, 4.69) is 94.9 Å². The highest BCUT2D eigenvalue weighted by molar-refractivity contribution is 5.80.